The Morgan fingerprint density at radius 3 is 2.31 bits per heavy atom. The van der Waals surface area contributed by atoms with Crippen molar-refractivity contribution in [2.75, 3.05) is 6.54 Å². The van der Waals surface area contributed by atoms with Gasteiger partial charge in [-0.3, -0.25) is 5.01 Å². The number of hydrogen-bond donors (Lipinski definition) is 0. The van der Waals surface area contributed by atoms with Crippen molar-refractivity contribution in [1.29, 1.82) is 0 Å². The summed E-state index contributed by atoms with van der Waals surface area (Å²) in [5.41, 5.74) is 3.76. The molecule has 2 aromatic carbocycles. The van der Waals surface area contributed by atoms with Crippen molar-refractivity contribution in [3.63, 3.8) is 0 Å². The second-order valence-corrected chi connectivity index (χ2v) is 10.3. The Morgan fingerprint density at radius 1 is 0.875 bits per heavy atom. The van der Waals surface area contributed by atoms with Gasteiger partial charge in [0.1, 0.15) is 0 Å². The Morgan fingerprint density at radius 2 is 1.62 bits per heavy atom. The number of benzene rings is 2. The quantitative estimate of drug-likeness (QED) is 0.375. The van der Waals surface area contributed by atoms with Crippen molar-refractivity contribution in [2.24, 2.45) is 16.9 Å². The summed E-state index contributed by atoms with van der Waals surface area (Å²) in [4.78, 5) is 0. The molecule has 1 saturated carbocycles. The molecule has 0 saturated heterocycles. The number of halogens is 1. The van der Waals surface area contributed by atoms with E-state index in [1.54, 1.807) is 0 Å². The molecular formula is C29H39ClN2. The van der Waals surface area contributed by atoms with Gasteiger partial charge < -0.3 is 0 Å². The summed E-state index contributed by atoms with van der Waals surface area (Å²) in [6, 6.07) is 19.7. The van der Waals surface area contributed by atoms with Crippen molar-refractivity contribution < 1.29 is 0 Å². The summed E-state index contributed by atoms with van der Waals surface area (Å²) in [5.74, 6) is 2.00. The molecule has 1 aliphatic carbocycles. The maximum atomic E-state index is 6.45. The molecule has 0 aromatic heterocycles. The first kappa shape index (κ1) is 23.4. The van der Waals surface area contributed by atoms with Crippen LogP contribution in [0.4, 0.5) is 0 Å². The monoisotopic (exact) mass is 450 g/mol. The lowest BCUT2D eigenvalue weighted by atomic mass is 9.79. The summed E-state index contributed by atoms with van der Waals surface area (Å²) in [6.07, 6.45) is 11.9. The van der Waals surface area contributed by atoms with Gasteiger partial charge in [-0.2, -0.15) is 5.10 Å². The van der Waals surface area contributed by atoms with E-state index >= 15 is 0 Å². The van der Waals surface area contributed by atoms with Crippen molar-refractivity contribution >= 4 is 17.3 Å². The molecule has 0 bridgehead atoms. The van der Waals surface area contributed by atoms with Gasteiger partial charge in [0.25, 0.3) is 0 Å². The zero-order valence-electron chi connectivity index (χ0n) is 19.8. The lowest BCUT2D eigenvalue weighted by Crippen LogP contribution is -2.36. The zero-order valence-corrected chi connectivity index (χ0v) is 20.6. The molecule has 2 unspecified atom stereocenters. The van der Waals surface area contributed by atoms with Crippen LogP contribution in [0.1, 0.15) is 88.7 Å². The van der Waals surface area contributed by atoms with Crippen LogP contribution in [0.2, 0.25) is 5.02 Å². The summed E-state index contributed by atoms with van der Waals surface area (Å²) in [5, 5.41) is 8.63. The van der Waals surface area contributed by atoms with Crippen LogP contribution < -0.4 is 0 Å². The van der Waals surface area contributed by atoms with Crippen LogP contribution in [0.5, 0.6) is 0 Å². The number of hydrazone groups is 1. The van der Waals surface area contributed by atoms with Crippen LogP contribution in [0.3, 0.4) is 0 Å². The maximum absolute atomic E-state index is 6.45. The second-order valence-electron chi connectivity index (χ2n) is 9.89. The van der Waals surface area contributed by atoms with Gasteiger partial charge in [-0.05, 0) is 54.4 Å². The fourth-order valence-electron chi connectivity index (χ4n) is 5.84. The molecule has 172 valence electrons. The van der Waals surface area contributed by atoms with E-state index in [4.69, 9.17) is 16.7 Å². The van der Waals surface area contributed by atoms with Crippen molar-refractivity contribution in [1.82, 2.24) is 5.01 Å². The average Bonchev–Trinajstić information content (AvgIpc) is 3.17. The van der Waals surface area contributed by atoms with Crippen LogP contribution in [-0.2, 0) is 0 Å². The lowest BCUT2D eigenvalue weighted by molar-refractivity contribution is 0.142. The molecule has 1 fully saturated rings. The molecule has 0 N–H and O–H groups in total. The highest BCUT2D eigenvalue weighted by molar-refractivity contribution is 6.30. The molecule has 2 nitrogen and oxygen atoms in total. The predicted octanol–water partition coefficient (Wildman–Crippen LogP) is 8.31. The first-order valence-corrected chi connectivity index (χ1v) is 13.2. The molecule has 0 amide bonds. The molecule has 32 heavy (non-hydrogen) atoms. The molecular weight excluding hydrogens is 412 g/mol. The SMILES string of the molecule is CCCCC1C(c2cccc(Cl)c2)C(c2ccccc2)=NN1CC1CCC(CCC)CC1. The Bertz CT molecular complexity index is 870. The molecule has 1 aliphatic heterocycles. The van der Waals surface area contributed by atoms with Crippen molar-refractivity contribution in [3.8, 4) is 0 Å². The summed E-state index contributed by atoms with van der Waals surface area (Å²) >= 11 is 6.45. The number of rotatable bonds is 9. The minimum atomic E-state index is 0.277. The molecule has 2 atom stereocenters. The van der Waals surface area contributed by atoms with Crippen molar-refractivity contribution in [3.05, 3.63) is 70.7 Å². The van der Waals surface area contributed by atoms with Crippen LogP contribution in [-0.4, -0.2) is 23.3 Å². The molecule has 4 rings (SSSR count). The van der Waals surface area contributed by atoms with E-state index in [1.165, 1.54) is 74.6 Å². The smallest absolute Gasteiger partial charge is 0.0773 e. The van der Waals surface area contributed by atoms with Gasteiger partial charge in [0.2, 0.25) is 0 Å². The van der Waals surface area contributed by atoms with Crippen molar-refractivity contribution in [2.45, 2.75) is 83.6 Å². The highest BCUT2D eigenvalue weighted by Gasteiger charge is 2.39. The first-order valence-electron chi connectivity index (χ1n) is 12.9. The van der Waals surface area contributed by atoms with E-state index in [9.17, 15) is 0 Å². The van der Waals surface area contributed by atoms with Gasteiger partial charge in [-0.25, -0.2) is 0 Å². The van der Waals surface area contributed by atoms with E-state index in [-0.39, 0.29) is 5.92 Å². The van der Waals surface area contributed by atoms with Crippen LogP contribution in [0.15, 0.2) is 59.7 Å². The third kappa shape index (κ3) is 5.57. The molecule has 3 heteroatoms. The van der Waals surface area contributed by atoms with E-state index in [2.05, 4.69) is 67.4 Å². The predicted molar refractivity (Wildman–Crippen MR) is 138 cm³/mol. The minimum Gasteiger partial charge on any atom is -0.292 e. The van der Waals surface area contributed by atoms with E-state index in [1.807, 2.05) is 6.07 Å². The number of unbranched alkanes of at least 4 members (excludes halogenated alkanes) is 1. The molecule has 1 heterocycles. The third-order valence-electron chi connectivity index (χ3n) is 7.54. The Kier molecular flexibility index (Phi) is 8.30. The first-order chi connectivity index (χ1) is 15.7. The van der Waals surface area contributed by atoms with Gasteiger partial charge in [0.05, 0.1) is 17.7 Å². The standard InChI is InChI=1S/C29H39ClN2/c1-3-5-15-27-28(25-13-9-14-26(30)20-25)29(24-11-7-6-8-12-24)31-32(27)21-23-18-16-22(10-4-2)17-19-23/h6-9,11-14,20,22-23,27-28H,3-5,10,15-19,21H2,1-2H3. The second kappa shape index (κ2) is 11.4. The highest BCUT2D eigenvalue weighted by Crippen LogP contribution is 2.40. The minimum absolute atomic E-state index is 0.277. The van der Waals surface area contributed by atoms with Gasteiger partial charge >= 0.3 is 0 Å². The van der Waals surface area contributed by atoms with Gasteiger partial charge in [-0.1, -0.05) is 106 Å². The van der Waals surface area contributed by atoms with Crippen LogP contribution >= 0.6 is 11.6 Å². The van der Waals surface area contributed by atoms with Gasteiger partial charge in [0, 0.05) is 11.6 Å². The largest absolute Gasteiger partial charge is 0.292 e. The highest BCUT2D eigenvalue weighted by atomic mass is 35.5. The number of nitrogens with zero attached hydrogens (tertiary/aromatic N) is 2. The molecule has 0 spiro atoms. The molecule has 2 aliphatic rings. The van der Waals surface area contributed by atoms with Gasteiger partial charge in [0.15, 0.2) is 0 Å². The topological polar surface area (TPSA) is 15.6 Å². The zero-order chi connectivity index (χ0) is 22.3. The Hall–Kier alpha value is -1.80. The summed E-state index contributed by atoms with van der Waals surface area (Å²) in [7, 11) is 0. The number of hydrogen-bond acceptors (Lipinski definition) is 2. The lowest BCUT2D eigenvalue weighted by Gasteiger charge is -2.34. The average molecular weight is 451 g/mol. The fraction of sp³-hybridized carbons (Fsp3) is 0.552. The van der Waals surface area contributed by atoms with Crippen LogP contribution in [0, 0.1) is 11.8 Å². The Labute approximate surface area is 200 Å². The molecule has 2 aromatic rings. The van der Waals surface area contributed by atoms with E-state index in [0.717, 1.165) is 23.4 Å². The van der Waals surface area contributed by atoms with E-state index < -0.39 is 0 Å². The fourth-order valence-corrected chi connectivity index (χ4v) is 6.03. The normalized spacial score (nSPS) is 25.7. The van der Waals surface area contributed by atoms with Crippen LogP contribution in [0.25, 0.3) is 0 Å². The maximum Gasteiger partial charge on any atom is 0.0773 e. The molecule has 0 radical (unpaired) electrons. The third-order valence-corrected chi connectivity index (χ3v) is 7.77. The Balaban J connectivity index is 1.61. The summed E-state index contributed by atoms with van der Waals surface area (Å²) < 4.78 is 0. The van der Waals surface area contributed by atoms with Gasteiger partial charge in [-0.15, -0.1) is 0 Å². The van der Waals surface area contributed by atoms with E-state index in [0.29, 0.717) is 6.04 Å². The summed E-state index contributed by atoms with van der Waals surface area (Å²) in [6.45, 7) is 5.72.